The molecule has 2 heterocycles. The summed E-state index contributed by atoms with van der Waals surface area (Å²) in [6, 6.07) is 49.1. The van der Waals surface area contributed by atoms with Crippen molar-refractivity contribution in [3.63, 3.8) is 0 Å². The standard InChI is InChI=1S/C47H31N3O/c1-28-23-24-32-31-17-8-10-21-37(31)47(40(32)27-28)38-22-11-9-18-35(38)41-39(47)26-25-34-33-19-12-20-36(42(33)51-43(34)41)46-49-44(29-13-4-2-5-14-29)48-45(50-46)30-15-6-3-7-16-30/h2-22,24-28H,23H2,1H3. The van der Waals surface area contributed by atoms with E-state index in [9.17, 15) is 0 Å². The van der Waals surface area contributed by atoms with Gasteiger partial charge in [0.15, 0.2) is 17.5 Å². The monoisotopic (exact) mass is 653 g/mol. The number of para-hydroxylation sites is 1. The zero-order chi connectivity index (χ0) is 33.7. The molecule has 4 heteroatoms. The minimum atomic E-state index is -0.400. The van der Waals surface area contributed by atoms with Crippen molar-refractivity contribution in [3.8, 4) is 45.3 Å². The van der Waals surface area contributed by atoms with Crippen LogP contribution in [0.1, 0.15) is 35.6 Å². The van der Waals surface area contributed by atoms with Crippen LogP contribution in [0.4, 0.5) is 0 Å². The Morgan fingerprint density at radius 1 is 0.529 bits per heavy atom. The quantitative estimate of drug-likeness (QED) is 0.190. The highest BCUT2D eigenvalue weighted by molar-refractivity contribution is 6.15. The van der Waals surface area contributed by atoms with Gasteiger partial charge >= 0.3 is 0 Å². The molecular weight excluding hydrogens is 623 g/mol. The Labute approximate surface area is 295 Å². The van der Waals surface area contributed by atoms with E-state index in [1.54, 1.807) is 0 Å². The van der Waals surface area contributed by atoms with Crippen LogP contribution in [0.5, 0.6) is 0 Å². The summed E-state index contributed by atoms with van der Waals surface area (Å²) < 4.78 is 7.14. The summed E-state index contributed by atoms with van der Waals surface area (Å²) in [5, 5.41) is 2.13. The number of hydrogen-bond acceptors (Lipinski definition) is 4. The maximum Gasteiger partial charge on any atom is 0.167 e. The first-order valence-corrected chi connectivity index (χ1v) is 17.7. The van der Waals surface area contributed by atoms with Crippen LogP contribution < -0.4 is 0 Å². The Hall–Kier alpha value is -6.39. The van der Waals surface area contributed by atoms with E-state index < -0.39 is 5.41 Å². The van der Waals surface area contributed by atoms with Crippen molar-refractivity contribution < 1.29 is 4.42 Å². The van der Waals surface area contributed by atoms with Crippen molar-refractivity contribution in [3.05, 3.63) is 180 Å². The lowest BCUT2D eigenvalue weighted by Crippen LogP contribution is -2.27. The van der Waals surface area contributed by atoms with E-state index in [4.69, 9.17) is 19.4 Å². The first-order valence-electron chi connectivity index (χ1n) is 17.7. The molecule has 8 aromatic rings. The fourth-order valence-corrected chi connectivity index (χ4v) is 8.93. The van der Waals surface area contributed by atoms with Gasteiger partial charge in [-0.1, -0.05) is 153 Å². The normalized spacial score (nSPS) is 18.3. The third-order valence-electron chi connectivity index (χ3n) is 11.1. The lowest BCUT2D eigenvalue weighted by molar-refractivity contribution is 0.669. The maximum atomic E-state index is 7.14. The van der Waals surface area contributed by atoms with E-state index in [-0.39, 0.29) is 0 Å². The first kappa shape index (κ1) is 28.4. The predicted octanol–water partition coefficient (Wildman–Crippen LogP) is 11.4. The second kappa shape index (κ2) is 10.6. The van der Waals surface area contributed by atoms with Gasteiger partial charge in [-0.15, -0.1) is 0 Å². The van der Waals surface area contributed by atoms with Gasteiger partial charge in [-0.05, 0) is 57.4 Å². The number of hydrogen-bond donors (Lipinski definition) is 0. The van der Waals surface area contributed by atoms with Crippen molar-refractivity contribution in [2.75, 3.05) is 0 Å². The number of benzene rings is 6. The predicted molar refractivity (Wildman–Crippen MR) is 205 cm³/mol. The topological polar surface area (TPSA) is 51.8 Å². The van der Waals surface area contributed by atoms with Crippen LogP contribution in [-0.2, 0) is 5.41 Å². The van der Waals surface area contributed by atoms with Crippen LogP contribution in [0.2, 0.25) is 0 Å². The van der Waals surface area contributed by atoms with E-state index in [2.05, 4.69) is 97.9 Å². The minimum absolute atomic E-state index is 0.400. The Morgan fingerprint density at radius 2 is 1.12 bits per heavy atom. The molecule has 2 aromatic heterocycles. The van der Waals surface area contributed by atoms with Gasteiger partial charge in [-0.25, -0.2) is 15.0 Å². The number of rotatable bonds is 3. The number of fused-ring (bicyclic) bond motifs is 14. The summed E-state index contributed by atoms with van der Waals surface area (Å²) in [6.45, 7) is 2.33. The van der Waals surface area contributed by atoms with Gasteiger partial charge in [-0.3, -0.25) is 0 Å². The Bertz CT molecular complexity index is 2740. The number of aromatic nitrogens is 3. The van der Waals surface area contributed by atoms with Gasteiger partial charge in [0, 0.05) is 27.5 Å². The molecule has 0 amide bonds. The number of furan rings is 1. The highest BCUT2D eigenvalue weighted by atomic mass is 16.3. The van der Waals surface area contributed by atoms with Crippen LogP contribution in [0.15, 0.2) is 162 Å². The molecule has 2 atom stereocenters. The molecular formula is C47H31N3O. The summed E-state index contributed by atoms with van der Waals surface area (Å²) in [5.41, 5.74) is 14.5. The number of allylic oxidation sites excluding steroid dienone is 4. The lowest BCUT2D eigenvalue weighted by Gasteiger charge is -2.32. The molecule has 0 aliphatic heterocycles. The molecule has 0 bridgehead atoms. The summed E-state index contributed by atoms with van der Waals surface area (Å²) in [7, 11) is 0. The average molecular weight is 654 g/mol. The molecule has 11 rings (SSSR count). The van der Waals surface area contributed by atoms with Crippen molar-refractivity contribution in [1.82, 2.24) is 15.0 Å². The van der Waals surface area contributed by atoms with Crippen molar-refractivity contribution >= 4 is 27.5 Å². The highest BCUT2D eigenvalue weighted by Crippen LogP contribution is 2.65. The lowest BCUT2D eigenvalue weighted by atomic mass is 9.69. The second-order valence-corrected chi connectivity index (χ2v) is 13.9. The Balaban J connectivity index is 1.19. The van der Waals surface area contributed by atoms with Crippen LogP contribution in [0, 0.1) is 5.92 Å². The smallest absolute Gasteiger partial charge is 0.167 e. The molecule has 6 aromatic carbocycles. The van der Waals surface area contributed by atoms with E-state index in [0.29, 0.717) is 23.4 Å². The largest absolute Gasteiger partial charge is 0.455 e. The molecule has 0 saturated heterocycles. The van der Waals surface area contributed by atoms with Crippen LogP contribution in [-0.4, -0.2) is 15.0 Å². The second-order valence-electron chi connectivity index (χ2n) is 13.9. The Kier molecular flexibility index (Phi) is 5.89. The zero-order valence-corrected chi connectivity index (χ0v) is 28.0. The van der Waals surface area contributed by atoms with Gasteiger partial charge in [0.1, 0.15) is 11.2 Å². The molecule has 1 spiro atoms. The molecule has 0 fully saturated rings. The Morgan fingerprint density at radius 3 is 1.84 bits per heavy atom. The zero-order valence-electron chi connectivity index (χ0n) is 28.0. The van der Waals surface area contributed by atoms with Gasteiger partial charge < -0.3 is 4.42 Å². The van der Waals surface area contributed by atoms with Crippen LogP contribution >= 0.6 is 0 Å². The minimum Gasteiger partial charge on any atom is -0.455 e. The van der Waals surface area contributed by atoms with Gasteiger partial charge in [0.2, 0.25) is 0 Å². The fraction of sp³-hybridized carbons (Fsp3) is 0.0851. The molecule has 0 N–H and O–H groups in total. The summed E-state index contributed by atoms with van der Waals surface area (Å²) in [6.07, 6.45) is 6.04. The first-order chi connectivity index (χ1) is 25.2. The van der Waals surface area contributed by atoms with Crippen LogP contribution in [0.25, 0.3) is 72.8 Å². The molecule has 0 radical (unpaired) electrons. The molecule has 51 heavy (non-hydrogen) atoms. The van der Waals surface area contributed by atoms with Gasteiger partial charge in [0.25, 0.3) is 0 Å². The third-order valence-corrected chi connectivity index (χ3v) is 11.1. The molecule has 4 nitrogen and oxygen atoms in total. The maximum absolute atomic E-state index is 7.14. The van der Waals surface area contributed by atoms with Gasteiger partial charge in [0.05, 0.1) is 11.0 Å². The average Bonchev–Trinajstić information content (AvgIpc) is 3.82. The SMILES string of the molecule is CC1C=C2C(=CC1)c1ccccc1C21c2ccccc2-c2c1ccc1c2oc2c(-c3nc(-c4ccccc4)nc(-c4ccccc4)n3)cccc21. The molecule has 2 unspecified atom stereocenters. The van der Waals surface area contributed by atoms with Crippen molar-refractivity contribution in [1.29, 1.82) is 0 Å². The van der Waals surface area contributed by atoms with E-state index in [1.165, 1.54) is 44.5 Å². The van der Waals surface area contributed by atoms with E-state index in [1.807, 2.05) is 60.7 Å². The molecule has 3 aliphatic carbocycles. The summed E-state index contributed by atoms with van der Waals surface area (Å²) >= 11 is 0. The van der Waals surface area contributed by atoms with Crippen molar-refractivity contribution in [2.24, 2.45) is 5.92 Å². The summed E-state index contributed by atoms with van der Waals surface area (Å²) in [5.74, 6) is 2.30. The number of nitrogens with zero attached hydrogens (tertiary/aromatic N) is 3. The summed E-state index contributed by atoms with van der Waals surface area (Å²) in [4.78, 5) is 15.1. The molecule has 0 saturated carbocycles. The third kappa shape index (κ3) is 3.87. The van der Waals surface area contributed by atoms with E-state index >= 15 is 0 Å². The van der Waals surface area contributed by atoms with Crippen molar-refractivity contribution in [2.45, 2.75) is 18.8 Å². The van der Waals surface area contributed by atoms with E-state index in [0.717, 1.165) is 45.0 Å². The molecule has 3 aliphatic rings. The fourth-order valence-electron chi connectivity index (χ4n) is 8.93. The molecule has 240 valence electrons. The van der Waals surface area contributed by atoms with Crippen LogP contribution in [0.3, 0.4) is 0 Å². The highest BCUT2D eigenvalue weighted by Gasteiger charge is 2.54. The van der Waals surface area contributed by atoms with Gasteiger partial charge in [-0.2, -0.15) is 0 Å².